The maximum Gasteiger partial charge on any atom is 0.223 e. The number of amides is 1. The third-order valence-electron chi connectivity index (χ3n) is 5.33. The molecule has 2 aliphatic rings. The molecule has 1 atom stereocenters. The Morgan fingerprint density at radius 3 is 2.84 bits per heavy atom. The van der Waals surface area contributed by atoms with Crippen molar-refractivity contribution in [2.24, 2.45) is 5.92 Å². The molecular formula is C19H30N4O2. The second kappa shape index (κ2) is 8.72. The molecule has 1 N–H and O–H groups in total. The summed E-state index contributed by atoms with van der Waals surface area (Å²) in [6.07, 6.45) is 5.81. The maximum atomic E-state index is 12.4. The number of carbonyl (C=O) groups is 1. The molecule has 2 fully saturated rings. The predicted octanol–water partition coefficient (Wildman–Crippen LogP) is 2.11. The Morgan fingerprint density at radius 1 is 1.36 bits per heavy atom. The van der Waals surface area contributed by atoms with E-state index in [1.54, 1.807) is 6.20 Å². The smallest absolute Gasteiger partial charge is 0.223 e. The van der Waals surface area contributed by atoms with Crippen molar-refractivity contribution in [2.75, 3.05) is 26.3 Å². The molecule has 138 valence electrons. The molecule has 0 spiro atoms. The van der Waals surface area contributed by atoms with Crippen LogP contribution in [0.3, 0.4) is 0 Å². The van der Waals surface area contributed by atoms with E-state index in [9.17, 15) is 4.79 Å². The van der Waals surface area contributed by atoms with Gasteiger partial charge in [0.25, 0.3) is 0 Å². The number of ether oxygens (including phenoxy) is 1. The van der Waals surface area contributed by atoms with Crippen molar-refractivity contribution in [3.8, 4) is 0 Å². The summed E-state index contributed by atoms with van der Waals surface area (Å²) in [5.41, 5.74) is 0.878. The van der Waals surface area contributed by atoms with Gasteiger partial charge in [-0.2, -0.15) is 0 Å². The van der Waals surface area contributed by atoms with Gasteiger partial charge in [0, 0.05) is 30.7 Å². The van der Waals surface area contributed by atoms with Crippen molar-refractivity contribution < 1.29 is 9.53 Å². The highest BCUT2D eigenvalue weighted by Crippen LogP contribution is 2.22. The Hall–Kier alpha value is -1.53. The Balaban J connectivity index is 1.49. The maximum absolute atomic E-state index is 12.4. The summed E-state index contributed by atoms with van der Waals surface area (Å²) in [5.74, 6) is 1.41. The van der Waals surface area contributed by atoms with Crippen molar-refractivity contribution in [1.82, 2.24) is 20.2 Å². The van der Waals surface area contributed by atoms with Crippen LogP contribution in [-0.2, 0) is 16.1 Å². The van der Waals surface area contributed by atoms with Crippen LogP contribution >= 0.6 is 0 Å². The van der Waals surface area contributed by atoms with Gasteiger partial charge in [0.05, 0.1) is 18.8 Å². The number of likely N-dealkylation sites (tertiary alicyclic amines) is 1. The molecule has 3 rings (SSSR count). The summed E-state index contributed by atoms with van der Waals surface area (Å²) in [7, 11) is 0. The van der Waals surface area contributed by atoms with E-state index in [-0.39, 0.29) is 17.7 Å². The van der Waals surface area contributed by atoms with Crippen molar-refractivity contribution in [3.05, 3.63) is 23.8 Å². The van der Waals surface area contributed by atoms with Gasteiger partial charge in [-0.15, -0.1) is 0 Å². The third-order valence-corrected chi connectivity index (χ3v) is 5.33. The zero-order valence-electron chi connectivity index (χ0n) is 15.4. The van der Waals surface area contributed by atoms with Gasteiger partial charge in [0.15, 0.2) is 0 Å². The van der Waals surface area contributed by atoms with Crippen LogP contribution in [0.5, 0.6) is 0 Å². The van der Waals surface area contributed by atoms with Crippen LogP contribution in [0, 0.1) is 5.92 Å². The van der Waals surface area contributed by atoms with Gasteiger partial charge in [-0.25, -0.2) is 9.97 Å². The normalized spacial score (nSPS) is 22.9. The first kappa shape index (κ1) is 18.3. The van der Waals surface area contributed by atoms with E-state index in [1.807, 2.05) is 6.07 Å². The molecule has 0 aromatic carbocycles. The number of hydrogen-bond acceptors (Lipinski definition) is 5. The fourth-order valence-electron chi connectivity index (χ4n) is 3.65. The molecule has 2 saturated heterocycles. The second-order valence-electron chi connectivity index (χ2n) is 7.44. The minimum Gasteiger partial charge on any atom is -0.381 e. The lowest BCUT2D eigenvalue weighted by atomic mass is 9.95. The van der Waals surface area contributed by atoms with Gasteiger partial charge >= 0.3 is 0 Å². The van der Waals surface area contributed by atoms with E-state index in [1.165, 1.54) is 0 Å². The minimum atomic E-state index is 0.128. The van der Waals surface area contributed by atoms with Gasteiger partial charge in [-0.1, -0.05) is 0 Å². The second-order valence-corrected chi connectivity index (χ2v) is 7.44. The average Bonchev–Trinajstić information content (AvgIpc) is 2.67. The van der Waals surface area contributed by atoms with E-state index >= 15 is 0 Å². The van der Waals surface area contributed by atoms with Gasteiger partial charge in [0.1, 0.15) is 5.82 Å². The van der Waals surface area contributed by atoms with E-state index in [0.29, 0.717) is 19.2 Å². The van der Waals surface area contributed by atoms with Crippen LogP contribution in [-0.4, -0.2) is 53.1 Å². The molecule has 1 amide bonds. The zero-order valence-corrected chi connectivity index (χ0v) is 15.4. The molecule has 0 radical (unpaired) electrons. The highest BCUT2D eigenvalue weighted by atomic mass is 16.5. The van der Waals surface area contributed by atoms with Gasteiger partial charge in [-0.3, -0.25) is 4.79 Å². The summed E-state index contributed by atoms with van der Waals surface area (Å²) in [6.45, 7) is 8.46. The lowest BCUT2D eigenvalue weighted by Crippen LogP contribution is -2.43. The number of nitrogens with zero attached hydrogens (tertiary/aromatic N) is 3. The lowest BCUT2D eigenvalue weighted by Gasteiger charge is -2.33. The summed E-state index contributed by atoms with van der Waals surface area (Å²) < 4.78 is 5.53. The number of hydrogen-bond donors (Lipinski definition) is 1. The molecule has 1 aromatic heterocycles. The van der Waals surface area contributed by atoms with Crippen LogP contribution < -0.4 is 5.32 Å². The van der Waals surface area contributed by atoms with Crippen molar-refractivity contribution >= 4 is 5.91 Å². The Bertz CT molecular complexity index is 564. The summed E-state index contributed by atoms with van der Waals surface area (Å²) in [5, 5.41) is 3.06. The molecule has 6 heteroatoms. The quantitative estimate of drug-likeness (QED) is 0.884. The SMILES string of the molecule is CC(C)N1CCC(C(=O)NCc2ccnc([C@@H]3CCCOC3)n2)CC1. The number of carbonyl (C=O) groups excluding carboxylic acids is 1. The minimum absolute atomic E-state index is 0.128. The molecular weight excluding hydrogens is 316 g/mol. The Kier molecular flexibility index (Phi) is 6.37. The number of rotatable bonds is 5. The van der Waals surface area contributed by atoms with E-state index < -0.39 is 0 Å². The summed E-state index contributed by atoms with van der Waals surface area (Å²) >= 11 is 0. The van der Waals surface area contributed by atoms with Crippen LogP contribution in [0.4, 0.5) is 0 Å². The molecule has 3 heterocycles. The van der Waals surface area contributed by atoms with Crippen LogP contribution in [0.25, 0.3) is 0 Å². The third kappa shape index (κ3) is 4.98. The van der Waals surface area contributed by atoms with Gasteiger partial charge in [0.2, 0.25) is 5.91 Å². The number of piperidine rings is 1. The lowest BCUT2D eigenvalue weighted by molar-refractivity contribution is -0.126. The molecule has 0 saturated carbocycles. The first-order valence-electron chi connectivity index (χ1n) is 9.55. The van der Waals surface area contributed by atoms with E-state index in [4.69, 9.17) is 4.74 Å². The highest BCUT2D eigenvalue weighted by molar-refractivity contribution is 5.78. The van der Waals surface area contributed by atoms with Crippen molar-refractivity contribution in [2.45, 2.75) is 58.0 Å². The molecule has 0 bridgehead atoms. The fourth-order valence-corrected chi connectivity index (χ4v) is 3.65. The molecule has 2 aliphatic heterocycles. The fraction of sp³-hybridized carbons (Fsp3) is 0.737. The molecule has 25 heavy (non-hydrogen) atoms. The highest BCUT2D eigenvalue weighted by Gasteiger charge is 2.26. The largest absolute Gasteiger partial charge is 0.381 e. The van der Waals surface area contributed by atoms with Gasteiger partial charge < -0.3 is 15.0 Å². The monoisotopic (exact) mass is 346 g/mol. The summed E-state index contributed by atoms with van der Waals surface area (Å²) in [4.78, 5) is 23.9. The van der Waals surface area contributed by atoms with E-state index in [2.05, 4.69) is 34.0 Å². The number of aromatic nitrogens is 2. The van der Waals surface area contributed by atoms with Crippen LogP contribution in [0.1, 0.15) is 57.0 Å². The van der Waals surface area contributed by atoms with Crippen LogP contribution in [0.2, 0.25) is 0 Å². The molecule has 0 unspecified atom stereocenters. The molecule has 1 aromatic rings. The number of nitrogens with one attached hydrogen (secondary N) is 1. The van der Waals surface area contributed by atoms with Crippen molar-refractivity contribution in [3.63, 3.8) is 0 Å². The Labute approximate surface area is 150 Å². The first-order chi connectivity index (χ1) is 12.1. The van der Waals surface area contributed by atoms with Crippen molar-refractivity contribution in [1.29, 1.82) is 0 Å². The van der Waals surface area contributed by atoms with Gasteiger partial charge in [-0.05, 0) is 58.7 Å². The first-order valence-corrected chi connectivity index (χ1v) is 9.55. The Morgan fingerprint density at radius 2 is 2.16 bits per heavy atom. The average molecular weight is 346 g/mol. The predicted molar refractivity (Wildman–Crippen MR) is 96.1 cm³/mol. The standard InChI is InChI=1S/C19H30N4O2/c1-14(2)23-9-6-15(7-10-23)19(24)21-12-17-5-8-20-18(22-17)16-4-3-11-25-13-16/h5,8,14-16H,3-4,6-7,9-13H2,1-2H3,(H,21,24)/t16-/m1/s1. The topological polar surface area (TPSA) is 67.4 Å². The zero-order chi connectivity index (χ0) is 17.6. The molecule has 0 aliphatic carbocycles. The molecule has 6 nitrogen and oxygen atoms in total. The van der Waals surface area contributed by atoms with Crippen LogP contribution in [0.15, 0.2) is 12.3 Å². The summed E-state index contributed by atoms with van der Waals surface area (Å²) in [6, 6.07) is 2.45. The van der Waals surface area contributed by atoms with E-state index in [0.717, 1.165) is 56.9 Å².